The number of anilines is 3. The van der Waals surface area contributed by atoms with E-state index >= 15 is 0 Å². The summed E-state index contributed by atoms with van der Waals surface area (Å²) in [5.41, 5.74) is 8.79. The maximum absolute atomic E-state index is 12.9. The number of fused-ring (bicyclic) bond motifs is 1. The van der Waals surface area contributed by atoms with Crippen LogP contribution in [0.1, 0.15) is 31.8 Å². The van der Waals surface area contributed by atoms with Crippen LogP contribution in [0.5, 0.6) is 5.75 Å². The molecular formula is C38H31N7O9S2. The predicted molar refractivity (Wildman–Crippen MR) is 209 cm³/mol. The zero-order chi connectivity index (χ0) is 40.4. The molecular weight excluding hydrogens is 763 g/mol. The zero-order valence-corrected chi connectivity index (χ0v) is 31.0. The average Bonchev–Trinajstić information content (AvgIpc) is 3.14. The Balaban J connectivity index is 1.18. The highest BCUT2D eigenvalue weighted by Crippen LogP contribution is 2.43. The fourth-order valence-electron chi connectivity index (χ4n) is 5.41. The van der Waals surface area contributed by atoms with Gasteiger partial charge in [-0.15, -0.1) is 10.2 Å². The first-order valence-corrected chi connectivity index (χ1v) is 19.2. The monoisotopic (exact) mass is 793 g/mol. The van der Waals surface area contributed by atoms with Crippen molar-refractivity contribution in [1.82, 2.24) is 0 Å². The van der Waals surface area contributed by atoms with Gasteiger partial charge in [0.25, 0.3) is 32.1 Å². The molecule has 0 heterocycles. The number of nitrogens with two attached hydrogens (primary N) is 1. The maximum atomic E-state index is 12.9. The number of carbonyl (C=O) groups excluding carboxylic acids is 2. The second-order valence-corrected chi connectivity index (χ2v) is 15.2. The van der Waals surface area contributed by atoms with E-state index in [0.717, 1.165) is 12.1 Å². The lowest BCUT2D eigenvalue weighted by molar-refractivity contribution is 0.102. The summed E-state index contributed by atoms with van der Waals surface area (Å²) < 4.78 is 68.1. The predicted octanol–water partition coefficient (Wildman–Crippen LogP) is 8.57. The third-order valence-electron chi connectivity index (χ3n) is 8.27. The molecule has 0 fully saturated rings. The molecule has 0 saturated heterocycles. The summed E-state index contributed by atoms with van der Waals surface area (Å²) in [5, 5.41) is 32.8. The Kier molecular flexibility index (Phi) is 10.7. The second kappa shape index (κ2) is 15.5. The van der Waals surface area contributed by atoms with Crippen LogP contribution in [0.3, 0.4) is 0 Å². The molecule has 284 valence electrons. The molecule has 0 atom stereocenters. The number of benzene rings is 6. The highest BCUT2D eigenvalue weighted by Gasteiger charge is 2.23. The van der Waals surface area contributed by atoms with Crippen molar-refractivity contribution in [1.29, 1.82) is 0 Å². The molecule has 56 heavy (non-hydrogen) atoms. The number of aryl methyl sites for hydroxylation is 2. The van der Waals surface area contributed by atoms with Crippen molar-refractivity contribution in [3.05, 3.63) is 131 Å². The van der Waals surface area contributed by atoms with Crippen LogP contribution in [-0.4, -0.2) is 42.9 Å². The SMILES string of the molecule is Cc1ccc(N=Nc2c(S(=O)(=O)O)cc3cc(N=Nc4ccc(NC(=O)c5ccc(NC(=O)c6ccc(N)cc6)cc5)cc4C)ccc3c2O)c(S(=O)(=O)O)c1. The Morgan fingerprint density at radius 2 is 1.18 bits per heavy atom. The fourth-order valence-corrected chi connectivity index (χ4v) is 6.78. The standard InChI is InChI=1S/C38H31N7O9S2/c1-21-3-15-32(33(17-21)55(49,50)51)44-45-35-34(56(52,53)54)20-25-19-29(12-14-30(25)36(35)46)42-43-31-16-13-28(18-22(31)2)41-38(48)24-6-10-27(11-7-24)40-37(47)23-4-8-26(39)9-5-23/h3-20,46H,39H2,1-2H3,(H,40,47)(H,41,48)(H,49,50,51)(H,52,53,54). The first-order valence-electron chi connectivity index (χ1n) is 16.3. The molecule has 6 aromatic carbocycles. The van der Waals surface area contributed by atoms with E-state index in [2.05, 4.69) is 31.1 Å². The molecule has 2 amide bonds. The molecule has 7 N–H and O–H groups in total. The molecule has 0 bridgehead atoms. The topological polar surface area (TPSA) is 263 Å². The summed E-state index contributed by atoms with van der Waals surface area (Å²) in [6, 6.07) is 27.0. The number of amides is 2. The van der Waals surface area contributed by atoms with E-state index in [1.165, 1.54) is 30.3 Å². The number of hydrogen-bond acceptors (Lipinski definition) is 12. The van der Waals surface area contributed by atoms with Gasteiger partial charge < -0.3 is 21.5 Å². The van der Waals surface area contributed by atoms with Gasteiger partial charge in [-0.1, -0.05) is 6.07 Å². The minimum atomic E-state index is -5.00. The molecule has 0 spiro atoms. The largest absolute Gasteiger partial charge is 0.505 e. The van der Waals surface area contributed by atoms with Gasteiger partial charge in [0.2, 0.25) is 0 Å². The molecule has 6 aromatic rings. The number of phenolic OH excluding ortho intramolecular Hbond substituents is 1. The molecule has 18 heteroatoms. The first-order chi connectivity index (χ1) is 26.5. The van der Waals surface area contributed by atoms with Gasteiger partial charge in [0, 0.05) is 33.6 Å². The van der Waals surface area contributed by atoms with Crippen LogP contribution in [0.2, 0.25) is 0 Å². The maximum Gasteiger partial charge on any atom is 0.296 e. The minimum absolute atomic E-state index is 0.0954. The Morgan fingerprint density at radius 3 is 1.80 bits per heavy atom. The van der Waals surface area contributed by atoms with Gasteiger partial charge in [-0.2, -0.15) is 27.1 Å². The summed E-state index contributed by atoms with van der Waals surface area (Å²) in [5.74, 6) is -1.40. The van der Waals surface area contributed by atoms with Crippen LogP contribution in [0.15, 0.2) is 139 Å². The van der Waals surface area contributed by atoms with Gasteiger partial charge in [-0.3, -0.25) is 18.7 Å². The van der Waals surface area contributed by atoms with Gasteiger partial charge in [0.15, 0.2) is 5.75 Å². The van der Waals surface area contributed by atoms with Crippen molar-refractivity contribution < 1.29 is 40.6 Å². The average molecular weight is 794 g/mol. The van der Waals surface area contributed by atoms with Crippen molar-refractivity contribution in [3.8, 4) is 5.75 Å². The van der Waals surface area contributed by atoms with E-state index in [1.807, 2.05) is 0 Å². The highest BCUT2D eigenvalue weighted by molar-refractivity contribution is 7.86. The quantitative estimate of drug-likeness (QED) is 0.0437. The number of carbonyl (C=O) groups is 2. The Labute approximate surface area is 320 Å². The summed E-state index contributed by atoms with van der Waals surface area (Å²) in [4.78, 5) is 24.0. The number of hydrogen-bond donors (Lipinski definition) is 6. The number of phenols is 1. The Morgan fingerprint density at radius 1 is 0.607 bits per heavy atom. The molecule has 0 radical (unpaired) electrons. The number of azo groups is 2. The van der Waals surface area contributed by atoms with E-state index in [-0.39, 0.29) is 34.0 Å². The van der Waals surface area contributed by atoms with E-state index < -0.39 is 41.5 Å². The number of nitrogen functional groups attached to an aromatic ring is 1. The fraction of sp³-hybridized carbons (Fsp3) is 0.0526. The van der Waals surface area contributed by atoms with Gasteiger partial charge in [0.1, 0.15) is 21.2 Å². The Hall–Kier alpha value is -6.86. The van der Waals surface area contributed by atoms with Gasteiger partial charge >= 0.3 is 0 Å². The number of aromatic hydroxyl groups is 1. The summed E-state index contributed by atoms with van der Waals surface area (Å²) >= 11 is 0. The summed E-state index contributed by atoms with van der Waals surface area (Å²) in [6.07, 6.45) is 0. The van der Waals surface area contributed by atoms with E-state index in [9.17, 15) is 40.6 Å². The molecule has 0 aliphatic rings. The van der Waals surface area contributed by atoms with Crippen LogP contribution in [0, 0.1) is 13.8 Å². The van der Waals surface area contributed by atoms with E-state index in [4.69, 9.17) is 5.73 Å². The highest BCUT2D eigenvalue weighted by atomic mass is 32.2. The smallest absolute Gasteiger partial charge is 0.296 e. The zero-order valence-electron chi connectivity index (χ0n) is 29.4. The summed E-state index contributed by atoms with van der Waals surface area (Å²) in [6.45, 7) is 3.33. The van der Waals surface area contributed by atoms with Crippen molar-refractivity contribution in [2.75, 3.05) is 16.4 Å². The van der Waals surface area contributed by atoms with Crippen LogP contribution in [-0.2, 0) is 20.2 Å². The second-order valence-electron chi connectivity index (χ2n) is 12.4. The van der Waals surface area contributed by atoms with Crippen LogP contribution in [0.25, 0.3) is 10.8 Å². The Bertz CT molecular complexity index is 2830. The lowest BCUT2D eigenvalue weighted by Crippen LogP contribution is -2.13. The number of rotatable bonds is 10. The van der Waals surface area contributed by atoms with Gasteiger partial charge in [0.05, 0.1) is 11.4 Å². The van der Waals surface area contributed by atoms with Crippen molar-refractivity contribution in [3.63, 3.8) is 0 Å². The normalized spacial score (nSPS) is 12.0. The van der Waals surface area contributed by atoms with E-state index in [0.29, 0.717) is 45.0 Å². The molecule has 6 rings (SSSR count). The number of nitrogens with one attached hydrogen (secondary N) is 2. The third kappa shape index (κ3) is 8.91. The molecule has 16 nitrogen and oxygen atoms in total. The number of nitrogens with zero attached hydrogens (tertiary/aromatic N) is 4. The van der Waals surface area contributed by atoms with Crippen LogP contribution in [0.4, 0.5) is 39.8 Å². The minimum Gasteiger partial charge on any atom is -0.505 e. The van der Waals surface area contributed by atoms with Crippen molar-refractivity contribution >= 4 is 82.6 Å². The van der Waals surface area contributed by atoms with Crippen molar-refractivity contribution in [2.24, 2.45) is 20.5 Å². The molecule has 0 unspecified atom stereocenters. The van der Waals surface area contributed by atoms with E-state index in [1.54, 1.807) is 80.6 Å². The van der Waals surface area contributed by atoms with Crippen molar-refractivity contribution in [2.45, 2.75) is 23.6 Å². The lowest BCUT2D eigenvalue weighted by Gasteiger charge is -2.10. The van der Waals surface area contributed by atoms with Crippen LogP contribution < -0.4 is 16.4 Å². The summed E-state index contributed by atoms with van der Waals surface area (Å²) in [7, 11) is -9.74. The van der Waals surface area contributed by atoms with Crippen LogP contribution >= 0.6 is 0 Å². The third-order valence-corrected chi connectivity index (χ3v) is 10.0. The van der Waals surface area contributed by atoms with Gasteiger partial charge in [-0.05, 0) is 133 Å². The van der Waals surface area contributed by atoms with Gasteiger partial charge in [-0.25, -0.2) is 0 Å². The first kappa shape index (κ1) is 38.9. The molecule has 0 saturated carbocycles. The molecule has 0 aromatic heterocycles. The lowest BCUT2D eigenvalue weighted by atomic mass is 10.1. The molecule has 0 aliphatic heterocycles. The molecule has 0 aliphatic carbocycles.